The molecule has 3 rings (SSSR count). The number of amides is 1. The molecule has 1 fully saturated rings. The van der Waals surface area contributed by atoms with E-state index in [2.05, 4.69) is 16.9 Å². The number of rotatable bonds is 5. The van der Waals surface area contributed by atoms with Crippen molar-refractivity contribution in [3.8, 4) is 11.5 Å². The lowest BCUT2D eigenvalue weighted by molar-refractivity contribution is -0.115. The van der Waals surface area contributed by atoms with Gasteiger partial charge in [-0.3, -0.25) is 4.79 Å². The van der Waals surface area contributed by atoms with Gasteiger partial charge in [0.2, 0.25) is 0 Å². The van der Waals surface area contributed by atoms with Crippen LogP contribution in [0.4, 0.5) is 5.69 Å². The molecule has 0 unspecified atom stereocenters. The summed E-state index contributed by atoms with van der Waals surface area (Å²) in [5, 5.41) is 13.1. The number of phenolic OH excluding ortho intramolecular Hbond substituents is 1. The van der Waals surface area contributed by atoms with Crippen LogP contribution in [0.25, 0.3) is 6.08 Å². The molecule has 2 aromatic rings. The zero-order valence-corrected chi connectivity index (χ0v) is 15.0. The summed E-state index contributed by atoms with van der Waals surface area (Å²) in [6.45, 7) is 5.94. The van der Waals surface area contributed by atoms with E-state index in [1.807, 2.05) is 31.2 Å². The zero-order chi connectivity index (χ0) is 18.5. The topological polar surface area (TPSA) is 70.9 Å². The number of hydrogen-bond donors (Lipinski definition) is 2. The molecule has 1 saturated heterocycles. The third-order valence-corrected chi connectivity index (χ3v) is 4.48. The molecule has 0 atom stereocenters. The number of carbonyl (C=O) groups excluding carboxylic acids is 1. The molecule has 132 valence electrons. The summed E-state index contributed by atoms with van der Waals surface area (Å²) in [6, 6.07) is 12.6. The highest BCUT2D eigenvalue weighted by molar-refractivity contribution is 8.18. The van der Waals surface area contributed by atoms with Crippen molar-refractivity contribution in [3.05, 3.63) is 71.2 Å². The van der Waals surface area contributed by atoms with Gasteiger partial charge in [0.1, 0.15) is 23.8 Å². The Bertz CT molecular complexity index is 919. The van der Waals surface area contributed by atoms with E-state index in [0.29, 0.717) is 28.1 Å². The molecule has 1 aliphatic rings. The molecule has 5 nitrogen and oxygen atoms in total. The summed E-state index contributed by atoms with van der Waals surface area (Å²) >= 11 is 1.22. The summed E-state index contributed by atoms with van der Waals surface area (Å²) in [5.41, 5.74) is 2.19. The lowest BCUT2D eigenvalue weighted by Crippen LogP contribution is -2.19. The van der Waals surface area contributed by atoms with Gasteiger partial charge >= 0.3 is 0 Å². The Balaban J connectivity index is 1.86. The fourth-order valence-corrected chi connectivity index (χ4v) is 3.16. The van der Waals surface area contributed by atoms with E-state index in [4.69, 9.17) is 4.74 Å². The number of thioether (sulfide) groups is 1. The Morgan fingerprint density at radius 3 is 2.92 bits per heavy atom. The minimum absolute atomic E-state index is 0.0681. The number of benzene rings is 2. The number of nitrogens with one attached hydrogen (secondary N) is 1. The predicted octanol–water partition coefficient (Wildman–Crippen LogP) is 4.16. The molecule has 1 heterocycles. The van der Waals surface area contributed by atoms with Crippen molar-refractivity contribution in [2.45, 2.75) is 6.92 Å². The van der Waals surface area contributed by atoms with Gasteiger partial charge in [0.05, 0.1) is 4.91 Å². The van der Waals surface area contributed by atoms with E-state index in [-0.39, 0.29) is 11.7 Å². The first-order valence-electron chi connectivity index (χ1n) is 7.99. The molecular formula is C20H18N2O3S. The van der Waals surface area contributed by atoms with E-state index in [0.717, 1.165) is 11.1 Å². The number of aryl methyl sites for hydroxylation is 1. The average molecular weight is 366 g/mol. The summed E-state index contributed by atoms with van der Waals surface area (Å²) in [4.78, 5) is 17.1. The third kappa shape index (κ3) is 4.15. The van der Waals surface area contributed by atoms with Gasteiger partial charge in [0.15, 0.2) is 5.17 Å². The van der Waals surface area contributed by atoms with Crippen molar-refractivity contribution in [2.75, 3.05) is 6.61 Å². The summed E-state index contributed by atoms with van der Waals surface area (Å²) in [7, 11) is 0. The van der Waals surface area contributed by atoms with Crippen LogP contribution < -0.4 is 10.1 Å². The van der Waals surface area contributed by atoms with E-state index in [1.165, 1.54) is 11.8 Å². The number of amidine groups is 1. The van der Waals surface area contributed by atoms with Crippen LogP contribution in [0.3, 0.4) is 0 Å². The number of carbonyl (C=O) groups is 1. The molecule has 1 amide bonds. The highest BCUT2D eigenvalue weighted by atomic mass is 32.2. The van der Waals surface area contributed by atoms with Crippen molar-refractivity contribution in [2.24, 2.45) is 4.99 Å². The van der Waals surface area contributed by atoms with Crippen LogP contribution in [0.5, 0.6) is 11.5 Å². The number of ether oxygens (including phenoxy) is 1. The largest absolute Gasteiger partial charge is 0.506 e. The van der Waals surface area contributed by atoms with Gasteiger partial charge in [-0.2, -0.15) is 0 Å². The van der Waals surface area contributed by atoms with Crippen molar-refractivity contribution < 1.29 is 14.6 Å². The quantitative estimate of drug-likeness (QED) is 0.616. The molecule has 0 spiro atoms. The second-order valence-corrected chi connectivity index (χ2v) is 6.64. The Morgan fingerprint density at radius 1 is 1.31 bits per heavy atom. The maximum Gasteiger partial charge on any atom is 0.264 e. The van der Waals surface area contributed by atoms with E-state index < -0.39 is 0 Å². The SMILES string of the molecule is C=CCOc1ccccc1/C=C1\SC(=Nc2cc(C)ccc2O)NC1=O. The minimum Gasteiger partial charge on any atom is -0.506 e. The lowest BCUT2D eigenvalue weighted by atomic mass is 10.2. The van der Waals surface area contributed by atoms with Crippen LogP contribution in [0.1, 0.15) is 11.1 Å². The third-order valence-electron chi connectivity index (χ3n) is 3.57. The van der Waals surface area contributed by atoms with Crippen LogP contribution in [0.2, 0.25) is 0 Å². The van der Waals surface area contributed by atoms with Crippen LogP contribution in [-0.4, -0.2) is 22.8 Å². The second kappa shape index (κ2) is 7.93. The molecule has 1 aliphatic heterocycles. The van der Waals surface area contributed by atoms with Gasteiger partial charge in [-0.15, -0.1) is 0 Å². The van der Waals surface area contributed by atoms with Crippen LogP contribution >= 0.6 is 11.8 Å². The van der Waals surface area contributed by atoms with Crippen molar-refractivity contribution in [3.63, 3.8) is 0 Å². The van der Waals surface area contributed by atoms with Gasteiger partial charge in [0, 0.05) is 5.56 Å². The predicted molar refractivity (Wildman–Crippen MR) is 106 cm³/mol. The van der Waals surface area contributed by atoms with Gasteiger partial charge in [0.25, 0.3) is 5.91 Å². The van der Waals surface area contributed by atoms with Crippen molar-refractivity contribution >= 4 is 34.6 Å². The first kappa shape index (κ1) is 17.8. The maximum atomic E-state index is 12.3. The Kier molecular flexibility index (Phi) is 5.43. The average Bonchev–Trinajstić information content (AvgIpc) is 2.96. The van der Waals surface area contributed by atoms with Crippen LogP contribution in [0.15, 0.2) is 65.0 Å². The highest BCUT2D eigenvalue weighted by Crippen LogP contribution is 2.33. The number of aromatic hydroxyl groups is 1. The normalized spacial score (nSPS) is 16.7. The molecule has 0 aromatic heterocycles. The minimum atomic E-state index is -0.237. The summed E-state index contributed by atoms with van der Waals surface area (Å²) < 4.78 is 5.62. The van der Waals surface area contributed by atoms with Gasteiger partial charge in [-0.05, 0) is 48.5 Å². The molecule has 0 radical (unpaired) electrons. The Labute approximate surface area is 156 Å². The number of phenols is 1. The number of nitrogens with zero attached hydrogens (tertiary/aromatic N) is 1. The first-order chi connectivity index (χ1) is 12.6. The monoisotopic (exact) mass is 366 g/mol. The number of para-hydroxylation sites is 1. The fraction of sp³-hybridized carbons (Fsp3) is 0.100. The first-order valence-corrected chi connectivity index (χ1v) is 8.80. The van der Waals surface area contributed by atoms with Gasteiger partial charge in [-0.1, -0.05) is 36.9 Å². The molecular weight excluding hydrogens is 348 g/mol. The number of hydrogen-bond acceptors (Lipinski definition) is 5. The van der Waals surface area contributed by atoms with Crippen LogP contribution in [0, 0.1) is 6.92 Å². The van der Waals surface area contributed by atoms with Gasteiger partial charge < -0.3 is 15.2 Å². The maximum absolute atomic E-state index is 12.3. The van der Waals surface area contributed by atoms with Crippen molar-refractivity contribution in [1.29, 1.82) is 0 Å². The zero-order valence-electron chi connectivity index (χ0n) is 14.2. The van der Waals surface area contributed by atoms with Crippen molar-refractivity contribution in [1.82, 2.24) is 5.32 Å². The Morgan fingerprint density at radius 2 is 2.12 bits per heavy atom. The molecule has 0 bridgehead atoms. The highest BCUT2D eigenvalue weighted by Gasteiger charge is 2.24. The smallest absolute Gasteiger partial charge is 0.264 e. The Hall–Kier alpha value is -2.99. The van der Waals surface area contributed by atoms with E-state index in [1.54, 1.807) is 30.4 Å². The molecule has 26 heavy (non-hydrogen) atoms. The fourth-order valence-electron chi connectivity index (χ4n) is 2.33. The summed E-state index contributed by atoms with van der Waals surface area (Å²) in [5.74, 6) is 0.507. The molecule has 2 N–H and O–H groups in total. The number of aliphatic imine (C=N–C) groups is 1. The van der Waals surface area contributed by atoms with Gasteiger partial charge in [-0.25, -0.2) is 4.99 Å². The molecule has 6 heteroatoms. The summed E-state index contributed by atoms with van der Waals surface area (Å²) in [6.07, 6.45) is 3.43. The standard InChI is InChI=1S/C20H18N2O3S/c1-3-10-25-17-7-5-4-6-14(17)12-18-19(24)22-20(26-18)21-15-11-13(2)8-9-16(15)23/h3-9,11-12,23H,1,10H2,2H3,(H,21,22,24)/b18-12-. The molecule has 2 aromatic carbocycles. The van der Waals surface area contributed by atoms with E-state index >= 15 is 0 Å². The molecule has 0 aliphatic carbocycles. The second-order valence-electron chi connectivity index (χ2n) is 5.61. The van der Waals surface area contributed by atoms with Crippen LogP contribution in [-0.2, 0) is 4.79 Å². The lowest BCUT2D eigenvalue weighted by Gasteiger charge is -2.06. The van der Waals surface area contributed by atoms with E-state index in [9.17, 15) is 9.90 Å². The molecule has 0 saturated carbocycles.